The highest BCUT2D eigenvalue weighted by Gasteiger charge is 2.16. The number of pyridine rings is 1. The molecular weight excluding hydrogens is 284 g/mol. The second-order valence-electron chi connectivity index (χ2n) is 6.52. The third-order valence-electron chi connectivity index (χ3n) is 4.40. The molecule has 0 fully saturated rings. The Morgan fingerprint density at radius 2 is 1.87 bits per heavy atom. The summed E-state index contributed by atoms with van der Waals surface area (Å²) < 4.78 is 2.28. The fourth-order valence-electron chi connectivity index (χ4n) is 3.23. The maximum atomic E-state index is 4.79. The van der Waals surface area contributed by atoms with Crippen molar-refractivity contribution in [2.75, 3.05) is 0 Å². The lowest BCUT2D eigenvalue weighted by molar-refractivity contribution is 0.792. The number of nitrogens with zero attached hydrogens (tertiary/aromatic N) is 3. The number of hydrogen-bond donors (Lipinski definition) is 1. The number of fused-ring (bicyclic) bond motifs is 2. The van der Waals surface area contributed by atoms with E-state index in [4.69, 9.17) is 4.98 Å². The summed E-state index contributed by atoms with van der Waals surface area (Å²) >= 11 is 0. The van der Waals surface area contributed by atoms with E-state index in [9.17, 15) is 0 Å². The molecule has 3 heterocycles. The van der Waals surface area contributed by atoms with Crippen LogP contribution in [-0.2, 0) is 0 Å². The Hall–Kier alpha value is -2.62. The standard InChI is InChI=1S/C19H20N4/c1-11(2)17-9-14-6-5-13(4)21-19(14)23(17)16-7-12(3)18-15(8-16)10-20-22-18/h5-11H,1-4H3,(H,20,22). The first kappa shape index (κ1) is 14.0. The van der Waals surface area contributed by atoms with E-state index >= 15 is 0 Å². The van der Waals surface area contributed by atoms with Crippen LogP contribution in [-0.4, -0.2) is 19.7 Å². The van der Waals surface area contributed by atoms with E-state index in [1.165, 1.54) is 16.6 Å². The molecule has 23 heavy (non-hydrogen) atoms. The topological polar surface area (TPSA) is 46.5 Å². The summed E-state index contributed by atoms with van der Waals surface area (Å²) in [6.45, 7) is 8.60. The number of nitrogens with one attached hydrogen (secondary N) is 1. The zero-order valence-electron chi connectivity index (χ0n) is 13.9. The maximum Gasteiger partial charge on any atom is 0.144 e. The van der Waals surface area contributed by atoms with Crippen LogP contribution in [0, 0.1) is 13.8 Å². The molecule has 0 aliphatic carbocycles. The van der Waals surface area contributed by atoms with Gasteiger partial charge in [0.2, 0.25) is 0 Å². The summed E-state index contributed by atoms with van der Waals surface area (Å²) in [5, 5.41) is 9.55. The molecule has 3 aromatic heterocycles. The van der Waals surface area contributed by atoms with Crippen molar-refractivity contribution in [3.8, 4) is 5.69 Å². The van der Waals surface area contributed by atoms with Gasteiger partial charge < -0.3 is 0 Å². The first-order chi connectivity index (χ1) is 11.0. The number of rotatable bonds is 2. The van der Waals surface area contributed by atoms with Gasteiger partial charge >= 0.3 is 0 Å². The molecule has 4 rings (SSSR count). The average molecular weight is 304 g/mol. The van der Waals surface area contributed by atoms with Crippen molar-refractivity contribution in [3.05, 3.63) is 53.5 Å². The molecule has 4 nitrogen and oxygen atoms in total. The van der Waals surface area contributed by atoms with E-state index in [-0.39, 0.29) is 0 Å². The fourth-order valence-corrected chi connectivity index (χ4v) is 3.23. The molecule has 0 saturated heterocycles. The van der Waals surface area contributed by atoms with Crippen molar-refractivity contribution in [1.29, 1.82) is 0 Å². The summed E-state index contributed by atoms with van der Waals surface area (Å²) in [6, 6.07) is 10.9. The van der Waals surface area contributed by atoms with Crippen molar-refractivity contribution in [3.63, 3.8) is 0 Å². The van der Waals surface area contributed by atoms with Crippen LogP contribution in [0.1, 0.15) is 36.7 Å². The summed E-state index contributed by atoms with van der Waals surface area (Å²) in [5.74, 6) is 0.421. The van der Waals surface area contributed by atoms with Gasteiger partial charge in [0.25, 0.3) is 0 Å². The number of aromatic amines is 1. The van der Waals surface area contributed by atoms with Gasteiger partial charge in [0.1, 0.15) is 5.65 Å². The third kappa shape index (κ3) is 2.13. The summed E-state index contributed by atoms with van der Waals surface area (Å²) in [4.78, 5) is 4.79. The van der Waals surface area contributed by atoms with Gasteiger partial charge in [-0.15, -0.1) is 0 Å². The van der Waals surface area contributed by atoms with E-state index in [0.29, 0.717) is 5.92 Å². The Kier molecular flexibility index (Phi) is 3.01. The Balaban J connectivity index is 2.09. The van der Waals surface area contributed by atoms with Gasteiger partial charge in [-0.1, -0.05) is 13.8 Å². The third-order valence-corrected chi connectivity index (χ3v) is 4.40. The van der Waals surface area contributed by atoms with Gasteiger partial charge in [0.05, 0.1) is 11.7 Å². The van der Waals surface area contributed by atoms with Crippen molar-refractivity contribution < 1.29 is 0 Å². The molecule has 0 unspecified atom stereocenters. The van der Waals surface area contributed by atoms with E-state index in [1.54, 1.807) is 0 Å². The largest absolute Gasteiger partial charge is 0.298 e. The molecule has 0 bridgehead atoms. The van der Waals surface area contributed by atoms with Crippen LogP contribution in [0.4, 0.5) is 0 Å². The molecule has 0 radical (unpaired) electrons. The summed E-state index contributed by atoms with van der Waals surface area (Å²) in [5.41, 5.74) is 6.78. The molecule has 1 N–H and O–H groups in total. The number of hydrogen-bond acceptors (Lipinski definition) is 2. The van der Waals surface area contributed by atoms with Crippen LogP contribution >= 0.6 is 0 Å². The molecule has 116 valence electrons. The normalized spacial score (nSPS) is 11.9. The van der Waals surface area contributed by atoms with Crippen molar-refractivity contribution in [1.82, 2.24) is 19.7 Å². The fraction of sp³-hybridized carbons (Fsp3) is 0.263. The molecule has 0 saturated carbocycles. The lowest BCUT2D eigenvalue weighted by Crippen LogP contribution is -2.03. The highest BCUT2D eigenvalue weighted by atomic mass is 15.1. The number of benzene rings is 1. The highest BCUT2D eigenvalue weighted by Crippen LogP contribution is 2.30. The first-order valence-electron chi connectivity index (χ1n) is 7.97. The van der Waals surface area contributed by atoms with Crippen molar-refractivity contribution in [2.45, 2.75) is 33.6 Å². The molecule has 0 aliphatic rings. The Bertz CT molecular complexity index is 1020. The Labute approximate surface area is 135 Å². The molecule has 4 aromatic rings. The maximum absolute atomic E-state index is 4.79. The van der Waals surface area contributed by atoms with Crippen LogP contribution in [0.2, 0.25) is 0 Å². The number of aryl methyl sites for hydroxylation is 2. The minimum atomic E-state index is 0.421. The van der Waals surface area contributed by atoms with E-state index in [1.807, 2.05) is 13.1 Å². The summed E-state index contributed by atoms with van der Waals surface area (Å²) in [6.07, 6.45) is 1.88. The van der Waals surface area contributed by atoms with Crippen molar-refractivity contribution >= 4 is 21.9 Å². The van der Waals surface area contributed by atoms with Gasteiger partial charge in [0.15, 0.2) is 0 Å². The Morgan fingerprint density at radius 1 is 1.04 bits per heavy atom. The monoisotopic (exact) mass is 304 g/mol. The second-order valence-corrected chi connectivity index (χ2v) is 6.52. The van der Waals surface area contributed by atoms with E-state index in [0.717, 1.165) is 27.9 Å². The Morgan fingerprint density at radius 3 is 2.65 bits per heavy atom. The summed E-state index contributed by atoms with van der Waals surface area (Å²) in [7, 11) is 0. The zero-order valence-corrected chi connectivity index (χ0v) is 13.9. The van der Waals surface area contributed by atoms with Gasteiger partial charge in [0, 0.05) is 27.8 Å². The molecule has 4 heteroatoms. The van der Waals surface area contributed by atoms with Crippen LogP contribution in [0.5, 0.6) is 0 Å². The number of H-pyrrole nitrogens is 1. The zero-order chi connectivity index (χ0) is 16.1. The van der Waals surface area contributed by atoms with Crippen LogP contribution < -0.4 is 0 Å². The molecule has 0 spiro atoms. The highest BCUT2D eigenvalue weighted by molar-refractivity contribution is 5.86. The van der Waals surface area contributed by atoms with E-state index < -0.39 is 0 Å². The lowest BCUT2D eigenvalue weighted by atomic mass is 10.1. The predicted octanol–water partition coefficient (Wildman–Crippen LogP) is 4.64. The van der Waals surface area contributed by atoms with E-state index in [2.05, 4.69) is 65.9 Å². The smallest absolute Gasteiger partial charge is 0.144 e. The van der Waals surface area contributed by atoms with Gasteiger partial charge in [-0.05, 0) is 55.7 Å². The SMILES string of the molecule is Cc1ccc2cc(C(C)C)n(-c3cc(C)c4[nH]ncc4c3)c2n1. The first-order valence-corrected chi connectivity index (χ1v) is 7.97. The average Bonchev–Trinajstić information content (AvgIpc) is 3.10. The van der Waals surface area contributed by atoms with Gasteiger partial charge in [-0.2, -0.15) is 5.10 Å². The molecule has 0 atom stereocenters. The predicted molar refractivity (Wildman–Crippen MR) is 94.3 cm³/mol. The second kappa shape index (κ2) is 4.95. The lowest BCUT2D eigenvalue weighted by Gasteiger charge is -2.14. The van der Waals surface area contributed by atoms with Crippen molar-refractivity contribution in [2.24, 2.45) is 0 Å². The van der Waals surface area contributed by atoms with Crippen LogP contribution in [0.25, 0.3) is 27.6 Å². The molecular formula is C19H20N4. The molecule has 0 aliphatic heterocycles. The molecule has 1 aromatic carbocycles. The number of aromatic nitrogens is 4. The van der Waals surface area contributed by atoms with Gasteiger partial charge in [-0.3, -0.25) is 9.67 Å². The minimum absolute atomic E-state index is 0.421. The minimum Gasteiger partial charge on any atom is -0.298 e. The quantitative estimate of drug-likeness (QED) is 0.586. The van der Waals surface area contributed by atoms with Crippen LogP contribution in [0.15, 0.2) is 36.5 Å². The van der Waals surface area contributed by atoms with Gasteiger partial charge in [-0.25, -0.2) is 4.98 Å². The van der Waals surface area contributed by atoms with Crippen LogP contribution in [0.3, 0.4) is 0 Å². The molecule has 0 amide bonds.